The van der Waals surface area contributed by atoms with Gasteiger partial charge in [-0.1, -0.05) is 28.1 Å². The summed E-state index contributed by atoms with van der Waals surface area (Å²) < 4.78 is 40.4. The van der Waals surface area contributed by atoms with Crippen molar-refractivity contribution in [1.29, 1.82) is 0 Å². The number of hydrogen-bond donors (Lipinski definition) is 1. The lowest BCUT2D eigenvalue weighted by molar-refractivity contribution is 0.482. The van der Waals surface area contributed by atoms with Gasteiger partial charge in [0.25, 0.3) is 0 Å². The SMILES string of the molecule is CC(NCc1cc(F)c(F)cc1F)c1ccc(Br)cc1. The molecule has 0 aromatic heterocycles. The first-order valence-corrected chi connectivity index (χ1v) is 6.89. The van der Waals surface area contributed by atoms with E-state index in [0.29, 0.717) is 6.07 Å². The minimum Gasteiger partial charge on any atom is -0.306 e. The maximum absolute atomic E-state index is 13.5. The first-order chi connectivity index (χ1) is 9.47. The second-order valence-electron chi connectivity index (χ2n) is 4.51. The van der Waals surface area contributed by atoms with E-state index >= 15 is 0 Å². The highest BCUT2D eigenvalue weighted by Crippen LogP contribution is 2.18. The molecule has 1 nitrogen and oxygen atoms in total. The van der Waals surface area contributed by atoms with Crippen molar-refractivity contribution in [2.45, 2.75) is 19.5 Å². The highest BCUT2D eigenvalue weighted by Gasteiger charge is 2.11. The van der Waals surface area contributed by atoms with Gasteiger partial charge in [-0.25, -0.2) is 13.2 Å². The summed E-state index contributed by atoms with van der Waals surface area (Å²) >= 11 is 3.35. The van der Waals surface area contributed by atoms with Crippen molar-refractivity contribution in [1.82, 2.24) is 5.32 Å². The quantitative estimate of drug-likeness (QED) is 0.792. The van der Waals surface area contributed by atoms with Crippen LogP contribution in [0.4, 0.5) is 13.2 Å². The molecule has 20 heavy (non-hydrogen) atoms. The Morgan fingerprint density at radius 2 is 1.60 bits per heavy atom. The van der Waals surface area contributed by atoms with Gasteiger partial charge in [-0.15, -0.1) is 0 Å². The van der Waals surface area contributed by atoms with Gasteiger partial charge >= 0.3 is 0 Å². The zero-order valence-electron chi connectivity index (χ0n) is 10.8. The number of halogens is 4. The summed E-state index contributed by atoms with van der Waals surface area (Å²) in [7, 11) is 0. The third kappa shape index (κ3) is 3.61. The maximum atomic E-state index is 13.5. The van der Waals surface area contributed by atoms with Crippen LogP contribution in [-0.2, 0) is 6.54 Å². The van der Waals surface area contributed by atoms with Crippen LogP contribution in [0, 0.1) is 17.5 Å². The lowest BCUT2D eigenvalue weighted by atomic mass is 10.1. The molecule has 2 aromatic rings. The monoisotopic (exact) mass is 343 g/mol. The Morgan fingerprint density at radius 1 is 1.00 bits per heavy atom. The summed E-state index contributed by atoms with van der Waals surface area (Å²) in [5.74, 6) is -2.97. The van der Waals surface area contributed by atoms with Crippen LogP contribution in [0.3, 0.4) is 0 Å². The molecular weight excluding hydrogens is 331 g/mol. The Kier molecular flexibility index (Phi) is 4.83. The second kappa shape index (κ2) is 6.41. The van der Waals surface area contributed by atoms with Crippen molar-refractivity contribution >= 4 is 15.9 Å². The molecule has 0 spiro atoms. The van der Waals surface area contributed by atoms with Crippen LogP contribution in [0.15, 0.2) is 40.9 Å². The van der Waals surface area contributed by atoms with E-state index in [0.717, 1.165) is 16.1 Å². The number of benzene rings is 2. The molecule has 1 unspecified atom stereocenters. The maximum Gasteiger partial charge on any atom is 0.161 e. The van der Waals surface area contributed by atoms with Gasteiger partial charge in [-0.05, 0) is 30.7 Å². The smallest absolute Gasteiger partial charge is 0.161 e. The fourth-order valence-corrected chi connectivity index (χ4v) is 2.10. The molecule has 0 aliphatic heterocycles. The molecule has 2 rings (SSSR count). The predicted octanol–water partition coefficient (Wildman–Crippen LogP) is 4.72. The van der Waals surface area contributed by atoms with Crippen molar-refractivity contribution in [3.8, 4) is 0 Å². The fourth-order valence-electron chi connectivity index (χ4n) is 1.83. The first kappa shape index (κ1) is 15.1. The van der Waals surface area contributed by atoms with E-state index in [2.05, 4.69) is 21.2 Å². The van der Waals surface area contributed by atoms with Crippen LogP contribution < -0.4 is 5.32 Å². The molecule has 0 aliphatic rings. The minimum absolute atomic E-state index is 0.0318. The zero-order chi connectivity index (χ0) is 14.7. The van der Waals surface area contributed by atoms with E-state index in [9.17, 15) is 13.2 Å². The fraction of sp³-hybridized carbons (Fsp3) is 0.200. The molecule has 1 N–H and O–H groups in total. The molecule has 2 aromatic carbocycles. The van der Waals surface area contributed by atoms with Crippen LogP contribution in [0.25, 0.3) is 0 Å². The van der Waals surface area contributed by atoms with Gasteiger partial charge in [-0.2, -0.15) is 0 Å². The van der Waals surface area contributed by atoms with E-state index in [1.165, 1.54) is 0 Å². The van der Waals surface area contributed by atoms with Gasteiger partial charge in [0.1, 0.15) is 5.82 Å². The van der Waals surface area contributed by atoms with Crippen molar-refractivity contribution in [2.75, 3.05) is 0 Å². The number of nitrogens with one attached hydrogen (secondary N) is 1. The van der Waals surface area contributed by atoms with Crippen molar-refractivity contribution in [2.24, 2.45) is 0 Å². The van der Waals surface area contributed by atoms with Crippen molar-refractivity contribution < 1.29 is 13.2 Å². The Morgan fingerprint density at radius 3 is 2.25 bits per heavy atom. The van der Waals surface area contributed by atoms with E-state index in [1.807, 2.05) is 31.2 Å². The molecule has 1 atom stereocenters. The minimum atomic E-state index is -1.17. The normalized spacial score (nSPS) is 12.4. The first-order valence-electron chi connectivity index (χ1n) is 6.09. The Bertz CT molecular complexity index is 599. The lowest BCUT2D eigenvalue weighted by Gasteiger charge is -2.15. The summed E-state index contributed by atoms with van der Waals surface area (Å²) in [6, 6.07) is 9.10. The van der Waals surface area contributed by atoms with Gasteiger partial charge < -0.3 is 5.32 Å². The van der Waals surface area contributed by atoms with Gasteiger partial charge in [0.2, 0.25) is 0 Å². The lowest BCUT2D eigenvalue weighted by Crippen LogP contribution is -2.19. The third-order valence-corrected chi connectivity index (χ3v) is 3.59. The Hall–Kier alpha value is -1.33. The number of hydrogen-bond acceptors (Lipinski definition) is 1. The topological polar surface area (TPSA) is 12.0 Å². The van der Waals surface area contributed by atoms with Crippen molar-refractivity contribution in [3.63, 3.8) is 0 Å². The second-order valence-corrected chi connectivity index (χ2v) is 5.43. The molecule has 0 amide bonds. The third-order valence-electron chi connectivity index (χ3n) is 3.06. The Balaban J connectivity index is 2.05. The van der Waals surface area contributed by atoms with Gasteiger partial charge in [-0.3, -0.25) is 0 Å². The highest BCUT2D eigenvalue weighted by atomic mass is 79.9. The summed E-state index contributed by atoms with van der Waals surface area (Å²) in [5, 5.41) is 3.08. The average molecular weight is 344 g/mol. The Labute approximate surface area is 123 Å². The molecule has 0 heterocycles. The summed E-state index contributed by atoms with van der Waals surface area (Å²) in [6.07, 6.45) is 0. The molecule has 106 valence electrons. The van der Waals surface area contributed by atoms with Crippen LogP contribution in [0.1, 0.15) is 24.1 Å². The molecule has 0 fully saturated rings. The predicted molar refractivity (Wildman–Crippen MR) is 75.7 cm³/mol. The van der Waals surface area contributed by atoms with Gasteiger partial charge in [0, 0.05) is 28.7 Å². The molecular formula is C15H13BrF3N. The van der Waals surface area contributed by atoms with Crippen LogP contribution in [0.5, 0.6) is 0 Å². The van der Waals surface area contributed by atoms with E-state index in [1.54, 1.807) is 0 Å². The molecule has 0 saturated heterocycles. The molecule has 0 bridgehead atoms. The van der Waals surface area contributed by atoms with E-state index in [-0.39, 0.29) is 18.2 Å². The molecule has 5 heteroatoms. The van der Waals surface area contributed by atoms with E-state index in [4.69, 9.17) is 0 Å². The standard InChI is InChI=1S/C15H13BrF3N/c1-9(10-2-4-12(16)5-3-10)20-8-11-6-14(18)15(19)7-13(11)17/h2-7,9,20H,8H2,1H3. The van der Waals surface area contributed by atoms with Crippen molar-refractivity contribution in [3.05, 3.63) is 69.4 Å². The number of rotatable bonds is 4. The van der Waals surface area contributed by atoms with Gasteiger partial charge in [0.15, 0.2) is 11.6 Å². The summed E-state index contributed by atoms with van der Waals surface area (Å²) in [5.41, 5.74) is 1.13. The van der Waals surface area contributed by atoms with Crippen LogP contribution in [0.2, 0.25) is 0 Å². The van der Waals surface area contributed by atoms with Gasteiger partial charge in [0.05, 0.1) is 0 Å². The van der Waals surface area contributed by atoms with Crippen LogP contribution in [-0.4, -0.2) is 0 Å². The zero-order valence-corrected chi connectivity index (χ0v) is 12.3. The van der Waals surface area contributed by atoms with Crippen LogP contribution >= 0.6 is 15.9 Å². The average Bonchev–Trinajstić information content (AvgIpc) is 2.42. The summed E-state index contributed by atoms with van der Waals surface area (Å²) in [4.78, 5) is 0. The molecule has 0 radical (unpaired) electrons. The summed E-state index contributed by atoms with van der Waals surface area (Å²) in [6.45, 7) is 2.04. The molecule has 0 aliphatic carbocycles. The highest BCUT2D eigenvalue weighted by molar-refractivity contribution is 9.10. The van der Waals surface area contributed by atoms with E-state index < -0.39 is 17.5 Å². The largest absolute Gasteiger partial charge is 0.306 e. The molecule has 0 saturated carbocycles.